The number of carbonyl (C=O) groups excluding carboxylic acids is 1. The molecule has 6 heteroatoms. The number of hydrogen-bond donors (Lipinski definition) is 1. The number of carbonyl (C=O) groups is 1. The molecule has 4 saturated carbocycles. The molecule has 1 aromatic carbocycles. The number of nitrogens with zero attached hydrogens (tertiary/aromatic N) is 3. The summed E-state index contributed by atoms with van der Waals surface area (Å²) in [7, 11) is 0. The van der Waals surface area contributed by atoms with E-state index in [-0.39, 0.29) is 5.91 Å². The molecule has 0 spiro atoms. The van der Waals surface area contributed by atoms with Crippen molar-refractivity contribution in [2.75, 3.05) is 11.1 Å². The molecular weight excluding hydrogens is 416 g/mol. The van der Waals surface area contributed by atoms with Crippen LogP contribution in [0.2, 0.25) is 0 Å². The van der Waals surface area contributed by atoms with Crippen LogP contribution in [-0.2, 0) is 17.8 Å². The van der Waals surface area contributed by atoms with Crippen molar-refractivity contribution in [2.24, 2.45) is 23.2 Å². The Morgan fingerprint density at radius 3 is 2.53 bits per heavy atom. The molecule has 4 bridgehead atoms. The third kappa shape index (κ3) is 4.26. The van der Waals surface area contributed by atoms with Crippen LogP contribution in [0.5, 0.6) is 0 Å². The van der Waals surface area contributed by atoms with Crippen LogP contribution in [0, 0.1) is 37.0 Å². The summed E-state index contributed by atoms with van der Waals surface area (Å²) in [6, 6.07) is 5.99. The predicted molar refractivity (Wildman–Crippen MR) is 130 cm³/mol. The lowest BCUT2D eigenvalue weighted by molar-refractivity contribution is -0.113. The van der Waals surface area contributed by atoms with Crippen molar-refractivity contribution in [1.82, 2.24) is 14.8 Å². The first-order valence-corrected chi connectivity index (χ1v) is 12.9. The summed E-state index contributed by atoms with van der Waals surface area (Å²) in [5.74, 6) is 4.17. The molecule has 0 atom stereocenters. The van der Waals surface area contributed by atoms with E-state index in [1.54, 1.807) is 0 Å². The number of nitrogens with one attached hydrogen (secondary N) is 1. The number of hydrogen-bond acceptors (Lipinski definition) is 4. The van der Waals surface area contributed by atoms with E-state index in [0.29, 0.717) is 17.7 Å². The lowest BCUT2D eigenvalue weighted by Gasteiger charge is -2.56. The Morgan fingerprint density at radius 1 is 1.19 bits per heavy atom. The Morgan fingerprint density at radius 2 is 1.88 bits per heavy atom. The molecule has 4 aliphatic rings. The normalized spacial score (nSPS) is 28.1. The van der Waals surface area contributed by atoms with E-state index in [1.165, 1.54) is 55.9 Å². The van der Waals surface area contributed by atoms with Crippen LogP contribution < -0.4 is 5.32 Å². The number of benzene rings is 1. The zero-order valence-electron chi connectivity index (χ0n) is 19.3. The van der Waals surface area contributed by atoms with Gasteiger partial charge >= 0.3 is 0 Å². The molecular formula is C26H34N4OS. The summed E-state index contributed by atoms with van der Waals surface area (Å²) < 4.78 is 2.18. The highest BCUT2D eigenvalue weighted by molar-refractivity contribution is 7.99. The molecule has 1 aromatic heterocycles. The summed E-state index contributed by atoms with van der Waals surface area (Å²) in [6.07, 6.45) is 11.4. The summed E-state index contributed by atoms with van der Waals surface area (Å²) in [4.78, 5) is 12.6. The summed E-state index contributed by atoms with van der Waals surface area (Å²) in [5, 5.41) is 13.0. The standard InChI is InChI=1S/C26H34N4OS/c1-4-8-30-23(15-26-12-19-9-20(13-26)11-21(10-19)14-26)28-29-25(30)32-16-24(31)27-22-7-5-6-17(2)18(22)3/h4-7,19-21H,1,8-16H2,2-3H3,(H,27,31). The van der Waals surface area contributed by atoms with Gasteiger partial charge in [-0.2, -0.15) is 0 Å². The number of aromatic nitrogens is 3. The molecule has 0 aliphatic heterocycles. The zero-order chi connectivity index (χ0) is 22.3. The average molecular weight is 451 g/mol. The molecule has 1 heterocycles. The SMILES string of the molecule is C=CCn1c(CC23CC4CC(CC(C4)C2)C3)nnc1SCC(=O)Nc1cccc(C)c1C. The molecule has 5 nitrogen and oxygen atoms in total. The van der Waals surface area contributed by atoms with Gasteiger partial charge in [-0.1, -0.05) is 30.0 Å². The lowest BCUT2D eigenvalue weighted by Crippen LogP contribution is -2.47. The molecule has 6 rings (SSSR count). The fourth-order valence-electron chi connectivity index (χ4n) is 6.91. The number of allylic oxidation sites excluding steroid dienone is 1. The first kappa shape index (κ1) is 21.7. The van der Waals surface area contributed by atoms with Crippen LogP contribution >= 0.6 is 11.8 Å². The third-order valence-corrected chi connectivity index (χ3v) is 8.98. The Balaban J connectivity index is 1.27. The molecule has 0 radical (unpaired) electrons. The highest BCUT2D eigenvalue weighted by atomic mass is 32.2. The number of thioether (sulfide) groups is 1. The Labute approximate surface area is 195 Å². The van der Waals surface area contributed by atoms with Gasteiger partial charge in [0, 0.05) is 18.7 Å². The van der Waals surface area contributed by atoms with E-state index >= 15 is 0 Å². The summed E-state index contributed by atoms with van der Waals surface area (Å²) >= 11 is 1.47. The minimum atomic E-state index is -0.0144. The van der Waals surface area contributed by atoms with Gasteiger partial charge in [-0.05, 0) is 92.7 Å². The van der Waals surface area contributed by atoms with E-state index < -0.39 is 0 Å². The maximum Gasteiger partial charge on any atom is 0.234 e. The largest absolute Gasteiger partial charge is 0.325 e. The fourth-order valence-corrected chi connectivity index (χ4v) is 7.68. The van der Waals surface area contributed by atoms with Crippen molar-refractivity contribution < 1.29 is 4.79 Å². The van der Waals surface area contributed by atoms with Gasteiger partial charge in [-0.25, -0.2) is 0 Å². The molecule has 1 amide bonds. The Hall–Kier alpha value is -2.08. The topological polar surface area (TPSA) is 59.8 Å². The monoisotopic (exact) mass is 450 g/mol. The van der Waals surface area contributed by atoms with Gasteiger partial charge in [-0.15, -0.1) is 16.8 Å². The van der Waals surface area contributed by atoms with Crippen molar-refractivity contribution in [2.45, 2.75) is 70.5 Å². The molecule has 2 aromatic rings. The second-order valence-electron chi connectivity index (χ2n) is 10.5. The number of amides is 1. The number of anilines is 1. The molecule has 32 heavy (non-hydrogen) atoms. The van der Waals surface area contributed by atoms with E-state index in [2.05, 4.69) is 39.7 Å². The van der Waals surface area contributed by atoms with Gasteiger partial charge in [0.05, 0.1) is 5.75 Å². The second-order valence-corrected chi connectivity index (χ2v) is 11.4. The van der Waals surface area contributed by atoms with Crippen molar-refractivity contribution in [3.8, 4) is 0 Å². The third-order valence-electron chi connectivity index (χ3n) is 8.01. The van der Waals surface area contributed by atoms with Crippen LogP contribution in [0.15, 0.2) is 36.0 Å². The smallest absolute Gasteiger partial charge is 0.234 e. The number of rotatable bonds is 8. The summed E-state index contributed by atoms with van der Waals surface area (Å²) in [6.45, 7) is 8.73. The van der Waals surface area contributed by atoms with Gasteiger partial charge in [0.1, 0.15) is 5.82 Å². The van der Waals surface area contributed by atoms with Crippen LogP contribution in [0.1, 0.15) is 55.5 Å². The van der Waals surface area contributed by atoms with E-state index in [0.717, 1.165) is 46.4 Å². The minimum Gasteiger partial charge on any atom is -0.325 e. The Bertz CT molecular complexity index is 992. The Kier molecular flexibility index (Phi) is 5.91. The maximum absolute atomic E-state index is 12.6. The zero-order valence-corrected chi connectivity index (χ0v) is 20.1. The fraction of sp³-hybridized carbons (Fsp3) is 0.577. The minimum absolute atomic E-state index is 0.0144. The van der Waals surface area contributed by atoms with Crippen LogP contribution in [0.4, 0.5) is 5.69 Å². The quantitative estimate of drug-likeness (QED) is 0.422. The highest BCUT2D eigenvalue weighted by Crippen LogP contribution is 2.61. The number of aryl methyl sites for hydroxylation is 1. The van der Waals surface area contributed by atoms with Gasteiger partial charge in [-0.3, -0.25) is 4.79 Å². The molecule has 170 valence electrons. The van der Waals surface area contributed by atoms with E-state index in [4.69, 9.17) is 0 Å². The van der Waals surface area contributed by atoms with Crippen molar-refractivity contribution >= 4 is 23.4 Å². The highest BCUT2D eigenvalue weighted by Gasteiger charge is 2.51. The molecule has 4 aliphatic carbocycles. The second kappa shape index (κ2) is 8.69. The van der Waals surface area contributed by atoms with E-state index in [9.17, 15) is 4.79 Å². The van der Waals surface area contributed by atoms with Crippen LogP contribution in [0.3, 0.4) is 0 Å². The lowest BCUT2D eigenvalue weighted by atomic mass is 9.49. The maximum atomic E-state index is 12.6. The van der Waals surface area contributed by atoms with Gasteiger partial charge < -0.3 is 9.88 Å². The molecule has 0 unspecified atom stereocenters. The van der Waals surface area contributed by atoms with Gasteiger partial charge in [0.25, 0.3) is 0 Å². The summed E-state index contributed by atoms with van der Waals surface area (Å²) in [5.41, 5.74) is 3.59. The first-order valence-electron chi connectivity index (χ1n) is 12.0. The first-order chi connectivity index (χ1) is 15.4. The molecule has 1 N–H and O–H groups in total. The molecule has 4 fully saturated rings. The van der Waals surface area contributed by atoms with Crippen LogP contribution in [0.25, 0.3) is 0 Å². The van der Waals surface area contributed by atoms with Crippen molar-refractivity contribution in [3.63, 3.8) is 0 Å². The van der Waals surface area contributed by atoms with Crippen molar-refractivity contribution in [1.29, 1.82) is 0 Å². The van der Waals surface area contributed by atoms with Crippen LogP contribution in [-0.4, -0.2) is 26.4 Å². The average Bonchev–Trinajstić information content (AvgIpc) is 3.10. The predicted octanol–water partition coefficient (Wildman–Crippen LogP) is 5.57. The van der Waals surface area contributed by atoms with Gasteiger partial charge in [0.2, 0.25) is 5.91 Å². The van der Waals surface area contributed by atoms with Gasteiger partial charge in [0.15, 0.2) is 5.16 Å². The van der Waals surface area contributed by atoms with Crippen molar-refractivity contribution in [3.05, 3.63) is 47.8 Å². The van der Waals surface area contributed by atoms with E-state index in [1.807, 2.05) is 25.1 Å². The molecule has 0 saturated heterocycles.